The normalized spacial score (nSPS) is 11.4. The van der Waals surface area contributed by atoms with Gasteiger partial charge in [0.15, 0.2) is 5.82 Å². The van der Waals surface area contributed by atoms with Crippen molar-refractivity contribution in [2.45, 2.75) is 25.9 Å². The molecular weight excluding hydrogens is 489 g/mol. The van der Waals surface area contributed by atoms with Gasteiger partial charge in [0.25, 0.3) is 5.91 Å². The number of nitrogens with zero attached hydrogens (tertiary/aromatic N) is 4. The lowest BCUT2D eigenvalue weighted by Crippen LogP contribution is -2.24. The minimum absolute atomic E-state index is 0.188. The van der Waals surface area contributed by atoms with Crippen LogP contribution in [0.5, 0.6) is 0 Å². The van der Waals surface area contributed by atoms with Crippen molar-refractivity contribution in [1.82, 2.24) is 24.9 Å². The van der Waals surface area contributed by atoms with E-state index < -0.39 is 17.9 Å². The highest BCUT2D eigenvalue weighted by Gasteiger charge is 2.32. The third-order valence-corrected chi connectivity index (χ3v) is 5.38. The Labute approximate surface area is 209 Å². The molecule has 5 N–H and O–H groups in total. The molecule has 0 spiro atoms. The number of hydrogen-bond donors (Lipinski definition) is 4. The average Bonchev–Trinajstić information content (AvgIpc) is 3.25. The summed E-state index contributed by atoms with van der Waals surface area (Å²) < 4.78 is 40.0. The quantitative estimate of drug-likeness (QED) is 0.268. The Morgan fingerprint density at radius 2 is 1.84 bits per heavy atom. The predicted molar refractivity (Wildman–Crippen MR) is 132 cm³/mol. The first-order chi connectivity index (χ1) is 17.7. The first kappa shape index (κ1) is 25.4. The number of rotatable bonds is 7. The van der Waals surface area contributed by atoms with Gasteiger partial charge in [0.2, 0.25) is 0 Å². The summed E-state index contributed by atoms with van der Waals surface area (Å²) in [6.45, 7) is 2.54. The van der Waals surface area contributed by atoms with E-state index in [4.69, 9.17) is 5.73 Å². The molecule has 3 amide bonds. The zero-order chi connectivity index (χ0) is 26.6. The fourth-order valence-electron chi connectivity index (χ4n) is 3.63. The van der Waals surface area contributed by atoms with E-state index in [0.29, 0.717) is 34.4 Å². The molecule has 4 aromatic rings. The topological polar surface area (TPSA) is 139 Å². The Morgan fingerprint density at radius 1 is 1.08 bits per heavy atom. The molecule has 4 rings (SSSR count). The number of urea groups is 1. The van der Waals surface area contributed by atoms with Crippen LogP contribution in [0.1, 0.15) is 35.8 Å². The van der Waals surface area contributed by atoms with E-state index in [9.17, 15) is 22.8 Å². The average molecular weight is 512 g/mol. The number of amides is 3. The maximum atomic E-state index is 12.9. The first-order valence-electron chi connectivity index (χ1n) is 11.3. The number of hydrogen-bond acceptors (Lipinski definition) is 6. The number of carbonyl (C=O) groups is 2. The van der Waals surface area contributed by atoms with E-state index in [1.807, 2.05) is 6.92 Å². The van der Waals surface area contributed by atoms with Gasteiger partial charge in [0, 0.05) is 24.0 Å². The van der Waals surface area contributed by atoms with Crippen LogP contribution < -0.4 is 21.7 Å². The van der Waals surface area contributed by atoms with Crippen molar-refractivity contribution in [3.63, 3.8) is 0 Å². The van der Waals surface area contributed by atoms with Crippen LogP contribution in [0.3, 0.4) is 0 Å². The number of anilines is 3. The summed E-state index contributed by atoms with van der Waals surface area (Å²) in [6, 6.07) is 8.92. The number of nitrogens with one attached hydrogen (secondary N) is 3. The smallest absolute Gasteiger partial charge is 0.382 e. The molecule has 0 fully saturated rings. The van der Waals surface area contributed by atoms with Crippen molar-refractivity contribution < 1.29 is 22.8 Å². The second-order valence-electron chi connectivity index (χ2n) is 8.03. The highest BCUT2D eigenvalue weighted by molar-refractivity contribution is 6.07. The number of fused-ring (bicyclic) bond motifs is 1. The Morgan fingerprint density at radius 3 is 2.54 bits per heavy atom. The number of nitrogen functional groups attached to an aromatic ring is 1. The van der Waals surface area contributed by atoms with Gasteiger partial charge in [-0.1, -0.05) is 31.5 Å². The molecule has 0 saturated heterocycles. The third-order valence-electron chi connectivity index (χ3n) is 5.38. The summed E-state index contributed by atoms with van der Waals surface area (Å²) in [5, 5.41) is 11.8. The number of pyridine rings is 1. The SMILES string of the molecule is CCCCNC(=O)c1cn2ncnc(N)c2c1-c1ccc(NC(=O)Nc2cccc(C(F)(F)F)n2)cc1. The standard InChI is InChI=1S/C24H23F3N8O2/c1-2-3-11-29-22(36)16-12-35-20(21(28)30-13-31-35)19(16)14-7-9-15(10-8-14)32-23(37)34-18-6-4-5-17(33-18)24(25,26)27/h4-10,12-13H,2-3,11H2,1H3,(H,29,36)(H2,28,30,31)(H2,32,33,34,37). The molecule has 0 unspecified atom stereocenters. The van der Waals surface area contributed by atoms with Gasteiger partial charge >= 0.3 is 12.2 Å². The first-order valence-corrected chi connectivity index (χ1v) is 11.3. The van der Waals surface area contributed by atoms with Crippen molar-refractivity contribution in [2.24, 2.45) is 0 Å². The van der Waals surface area contributed by atoms with Gasteiger partial charge in [0.1, 0.15) is 23.4 Å². The molecule has 3 aromatic heterocycles. The molecule has 1 aromatic carbocycles. The fourth-order valence-corrected chi connectivity index (χ4v) is 3.63. The molecule has 37 heavy (non-hydrogen) atoms. The maximum absolute atomic E-state index is 12.9. The third kappa shape index (κ3) is 5.77. The lowest BCUT2D eigenvalue weighted by Gasteiger charge is -2.11. The molecule has 0 radical (unpaired) electrons. The fraction of sp³-hybridized carbons (Fsp3) is 0.208. The maximum Gasteiger partial charge on any atom is 0.433 e. The molecule has 0 aliphatic carbocycles. The summed E-state index contributed by atoms with van der Waals surface area (Å²) in [5.41, 5.74) is 7.29. The van der Waals surface area contributed by atoms with Gasteiger partial charge in [-0.05, 0) is 36.2 Å². The Kier molecular flexibility index (Phi) is 7.22. The van der Waals surface area contributed by atoms with Gasteiger partial charge in [-0.3, -0.25) is 10.1 Å². The second kappa shape index (κ2) is 10.5. The van der Waals surface area contributed by atoms with Crippen molar-refractivity contribution >= 4 is 34.8 Å². The minimum Gasteiger partial charge on any atom is -0.382 e. The van der Waals surface area contributed by atoms with Crippen molar-refractivity contribution in [2.75, 3.05) is 22.9 Å². The van der Waals surface area contributed by atoms with E-state index in [1.165, 1.54) is 16.9 Å². The van der Waals surface area contributed by atoms with Gasteiger partial charge in [-0.2, -0.15) is 18.3 Å². The number of benzene rings is 1. The molecule has 0 aliphatic heterocycles. The number of carbonyl (C=O) groups excluding carboxylic acids is 2. The molecule has 0 saturated carbocycles. The van der Waals surface area contributed by atoms with Crippen LogP contribution in [-0.4, -0.2) is 38.1 Å². The number of halogens is 3. The predicted octanol–water partition coefficient (Wildman–Crippen LogP) is 4.57. The molecular formula is C24H23F3N8O2. The van der Waals surface area contributed by atoms with E-state index in [2.05, 4.69) is 31.0 Å². The molecule has 0 bridgehead atoms. The molecule has 3 heterocycles. The zero-order valence-electron chi connectivity index (χ0n) is 19.6. The van der Waals surface area contributed by atoms with E-state index in [1.54, 1.807) is 30.5 Å². The second-order valence-corrected chi connectivity index (χ2v) is 8.03. The lowest BCUT2D eigenvalue weighted by atomic mass is 10.0. The monoisotopic (exact) mass is 512 g/mol. The summed E-state index contributed by atoms with van der Waals surface area (Å²) in [6.07, 6.45) is -0.0150. The molecule has 0 atom stereocenters. The number of nitrogens with two attached hydrogens (primary N) is 1. The van der Waals surface area contributed by atoms with Crippen LogP contribution in [0.2, 0.25) is 0 Å². The van der Waals surface area contributed by atoms with Crippen LogP contribution in [0.15, 0.2) is 55.0 Å². The summed E-state index contributed by atoms with van der Waals surface area (Å²) in [4.78, 5) is 32.7. The van der Waals surface area contributed by atoms with Crippen molar-refractivity contribution in [3.05, 3.63) is 66.2 Å². The van der Waals surface area contributed by atoms with Crippen molar-refractivity contribution in [3.8, 4) is 11.1 Å². The summed E-state index contributed by atoms with van der Waals surface area (Å²) in [7, 11) is 0. The number of aromatic nitrogens is 4. The van der Waals surface area contributed by atoms with Crippen LogP contribution in [0, 0.1) is 0 Å². The minimum atomic E-state index is -4.63. The molecule has 13 heteroatoms. The zero-order valence-corrected chi connectivity index (χ0v) is 19.6. The Balaban J connectivity index is 1.56. The largest absolute Gasteiger partial charge is 0.433 e. The number of unbranched alkanes of at least 4 members (excludes halogenated alkanes) is 1. The van der Waals surface area contributed by atoms with Crippen molar-refractivity contribution in [1.29, 1.82) is 0 Å². The van der Waals surface area contributed by atoms with Crippen LogP contribution in [-0.2, 0) is 6.18 Å². The molecule has 0 aliphatic rings. The van der Waals surface area contributed by atoms with Crippen LogP contribution in [0.4, 0.5) is 35.3 Å². The lowest BCUT2D eigenvalue weighted by molar-refractivity contribution is -0.141. The van der Waals surface area contributed by atoms with Crippen LogP contribution in [0.25, 0.3) is 16.6 Å². The van der Waals surface area contributed by atoms with Gasteiger partial charge in [0.05, 0.1) is 5.56 Å². The molecule has 10 nitrogen and oxygen atoms in total. The Hall–Kier alpha value is -4.68. The highest BCUT2D eigenvalue weighted by atomic mass is 19.4. The van der Waals surface area contributed by atoms with Gasteiger partial charge in [-0.15, -0.1) is 0 Å². The van der Waals surface area contributed by atoms with Crippen LogP contribution >= 0.6 is 0 Å². The Bertz CT molecular complexity index is 1430. The van der Waals surface area contributed by atoms with E-state index in [0.717, 1.165) is 25.0 Å². The number of alkyl halides is 3. The van der Waals surface area contributed by atoms with E-state index in [-0.39, 0.29) is 17.5 Å². The van der Waals surface area contributed by atoms with Gasteiger partial charge in [-0.25, -0.2) is 19.3 Å². The summed E-state index contributed by atoms with van der Waals surface area (Å²) >= 11 is 0. The van der Waals surface area contributed by atoms with Gasteiger partial charge < -0.3 is 16.4 Å². The summed E-state index contributed by atoms with van der Waals surface area (Å²) in [5.74, 6) is -0.352. The van der Waals surface area contributed by atoms with E-state index >= 15 is 0 Å². The highest BCUT2D eigenvalue weighted by Crippen LogP contribution is 2.33. The molecule has 192 valence electrons.